The Kier molecular flexibility index (Phi) is 4.67. The first kappa shape index (κ1) is 17.0. The van der Waals surface area contributed by atoms with E-state index in [1.54, 1.807) is 11.8 Å². The normalized spacial score (nSPS) is 14.3. The monoisotopic (exact) mass is 348 g/mol. The molecule has 24 heavy (non-hydrogen) atoms. The first-order valence-electron chi connectivity index (χ1n) is 8.30. The molecule has 0 aromatic carbocycles. The van der Waals surface area contributed by atoms with Gasteiger partial charge in [0.1, 0.15) is 5.69 Å². The molecule has 3 rings (SSSR count). The molecule has 2 aromatic heterocycles. The minimum atomic E-state index is 0.00839. The Bertz CT molecular complexity index is 763. The molecule has 1 aliphatic rings. The van der Waals surface area contributed by atoms with Crippen molar-refractivity contribution in [2.75, 3.05) is 12.3 Å². The van der Waals surface area contributed by atoms with E-state index in [0.29, 0.717) is 6.54 Å². The molecule has 0 bridgehead atoms. The van der Waals surface area contributed by atoms with Crippen LogP contribution in [0.2, 0.25) is 0 Å². The maximum Gasteiger partial charge on any atom is 0.225 e. The van der Waals surface area contributed by atoms with Crippen LogP contribution in [-0.4, -0.2) is 47.6 Å². The summed E-state index contributed by atoms with van der Waals surface area (Å²) in [5.41, 5.74) is 3.12. The van der Waals surface area contributed by atoms with Gasteiger partial charge in [0.25, 0.3) is 0 Å². The number of hydrogen-bond donors (Lipinski definition) is 0. The molecule has 0 unspecified atom stereocenters. The van der Waals surface area contributed by atoms with Gasteiger partial charge in [0.05, 0.1) is 0 Å². The lowest BCUT2D eigenvalue weighted by Gasteiger charge is -2.29. The summed E-state index contributed by atoms with van der Waals surface area (Å²) in [6.45, 7) is 7.33. The fraction of sp³-hybridized carbons (Fsp3) is 0.625. The summed E-state index contributed by atoms with van der Waals surface area (Å²) in [6, 6.07) is 0. The third kappa shape index (κ3) is 2.83. The summed E-state index contributed by atoms with van der Waals surface area (Å²) in [5, 5.41) is 14.2. The summed E-state index contributed by atoms with van der Waals surface area (Å²) in [7, 11) is 3.93. The Morgan fingerprint density at radius 2 is 2.04 bits per heavy atom. The van der Waals surface area contributed by atoms with E-state index < -0.39 is 0 Å². The topological polar surface area (TPSA) is 68.8 Å². The van der Waals surface area contributed by atoms with Gasteiger partial charge in [0, 0.05) is 50.8 Å². The van der Waals surface area contributed by atoms with Crippen molar-refractivity contribution in [2.24, 2.45) is 20.0 Å². The van der Waals surface area contributed by atoms with Crippen molar-refractivity contribution in [3.63, 3.8) is 0 Å². The zero-order chi connectivity index (χ0) is 17.4. The van der Waals surface area contributed by atoms with Crippen LogP contribution in [0.1, 0.15) is 32.0 Å². The standard InChI is InChI=1S/C16H24N6OS/c1-6-24-16-18-17-14(20(16)4)13-11-9-22(15(23)10(2)3)8-7-12(11)21(5)19-13/h10H,6-9H2,1-5H3. The highest BCUT2D eigenvalue weighted by atomic mass is 32.2. The minimum Gasteiger partial charge on any atom is -0.338 e. The first-order chi connectivity index (χ1) is 11.4. The van der Waals surface area contributed by atoms with Crippen molar-refractivity contribution in [1.29, 1.82) is 0 Å². The molecule has 3 heterocycles. The van der Waals surface area contributed by atoms with Gasteiger partial charge in [-0.15, -0.1) is 10.2 Å². The summed E-state index contributed by atoms with van der Waals surface area (Å²) >= 11 is 1.66. The number of amides is 1. The first-order valence-corrected chi connectivity index (χ1v) is 9.28. The Balaban J connectivity index is 1.99. The number of carbonyl (C=O) groups excluding carboxylic acids is 1. The van der Waals surface area contributed by atoms with Crippen LogP contribution in [0, 0.1) is 5.92 Å². The van der Waals surface area contributed by atoms with Crippen LogP contribution in [0.3, 0.4) is 0 Å². The Labute approximate surface area is 146 Å². The van der Waals surface area contributed by atoms with Gasteiger partial charge in [0.15, 0.2) is 11.0 Å². The molecule has 1 amide bonds. The lowest BCUT2D eigenvalue weighted by Crippen LogP contribution is -2.38. The zero-order valence-electron chi connectivity index (χ0n) is 14.9. The molecular formula is C16H24N6OS. The summed E-state index contributed by atoms with van der Waals surface area (Å²) in [6.07, 6.45) is 0.825. The molecule has 0 fully saturated rings. The van der Waals surface area contributed by atoms with E-state index in [4.69, 9.17) is 0 Å². The molecule has 7 nitrogen and oxygen atoms in total. The van der Waals surface area contributed by atoms with Crippen molar-refractivity contribution in [1.82, 2.24) is 29.4 Å². The fourth-order valence-corrected chi connectivity index (χ4v) is 3.74. The van der Waals surface area contributed by atoms with Crippen molar-refractivity contribution in [3.05, 3.63) is 11.3 Å². The molecular weight excluding hydrogens is 324 g/mol. The quantitative estimate of drug-likeness (QED) is 0.789. The fourth-order valence-electron chi connectivity index (χ4n) is 3.10. The molecule has 0 atom stereocenters. The number of nitrogens with zero attached hydrogens (tertiary/aromatic N) is 6. The molecule has 0 radical (unpaired) electrons. The Morgan fingerprint density at radius 3 is 2.71 bits per heavy atom. The predicted molar refractivity (Wildman–Crippen MR) is 93.6 cm³/mol. The van der Waals surface area contributed by atoms with E-state index in [0.717, 1.165) is 41.0 Å². The maximum absolute atomic E-state index is 12.4. The van der Waals surface area contributed by atoms with Gasteiger partial charge in [-0.2, -0.15) is 5.10 Å². The smallest absolute Gasteiger partial charge is 0.225 e. The largest absolute Gasteiger partial charge is 0.338 e. The van der Waals surface area contributed by atoms with Crippen molar-refractivity contribution < 1.29 is 4.79 Å². The average Bonchev–Trinajstić information content (AvgIpc) is 3.07. The highest BCUT2D eigenvalue weighted by molar-refractivity contribution is 7.99. The Hall–Kier alpha value is -1.83. The van der Waals surface area contributed by atoms with Crippen LogP contribution in [0.4, 0.5) is 0 Å². The summed E-state index contributed by atoms with van der Waals surface area (Å²) in [4.78, 5) is 14.3. The van der Waals surface area contributed by atoms with Crippen LogP contribution in [-0.2, 0) is 31.9 Å². The van der Waals surface area contributed by atoms with Gasteiger partial charge >= 0.3 is 0 Å². The van der Waals surface area contributed by atoms with Gasteiger partial charge in [-0.3, -0.25) is 9.48 Å². The number of thioether (sulfide) groups is 1. The number of aromatic nitrogens is 5. The lowest BCUT2D eigenvalue weighted by molar-refractivity contribution is -0.135. The Morgan fingerprint density at radius 1 is 1.29 bits per heavy atom. The van der Waals surface area contributed by atoms with E-state index >= 15 is 0 Å². The number of hydrogen-bond acceptors (Lipinski definition) is 5. The highest BCUT2D eigenvalue weighted by Gasteiger charge is 2.30. The van der Waals surface area contributed by atoms with Crippen LogP contribution in [0.25, 0.3) is 11.5 Å². The maximum atomic E-state index is 12.4. The van der Waals surface area contributed by atoms with Crippen molar-refractivity contribution in [2.45, 2.75) is 38.9 Å². The van der Waals surface area contributed by atoms with E-state index in [1.165, 1.54) is 5.69 Å². The number of carbonyl (C=O) groups is 1. The highest BCUT2D eigenvalue weighted by Crippen LogP contribution is 2.30. The van der Waals surface area contributed by atoms with Gasteiger partial charge in [-0.25, -0.2) is 0 Å². The van der Waals surface area contributed by atoms with Gasteiger partial charge < -0.3 is 9.47 Å². The summed E-state index contributed by atoms with van der Waals surface area (Å²) < 4.78 is 3.91. The van der Waals surface area contributed by atoms with E-state index in [2.05, 4.69) is 22.2 Å². The second-order valence-electron chi connectivity index (χ2n) is 6.36. The second-order valence-corrected chi connectivity index (χ2v) is 7.59. The molecule has 130 valence electrons. The lowest BCUT2D eigenvalue weighted by atomic mass is 10.0. The van der Waals surface area contributed by atoms with E-state index in [9.17, 15) is 4.79 Å². The zero-order valence-corrected chi connectivity index (χ0v) is 15.7. The SMILES string of the molecule is CCSc1nnc(-c2nn(C)c3c2CN(C(=O)C(C)C)CC3)n1C. The molecule has 0 spiro atoms. The number of aryl methyl sites for hydroxylation is 1. The summed E-state index contributed by atoms with van der Waals surface area (Å²) in [5.74, 6) is 1.91. The van der Waals surface area contributed by atoms with E-state index in [1.807, 2.05) is 42.1 Å². The van der Waals surface area contributed by atoms with Crippen LogP contribution < -0.4 is 0 Å². The molecule has 0 saturated heterocycles. The van der Waals surface area contributed by atoms with E-state index in [-0.39, 0.29) is 11.8 Å². The number of rotatable bonds is 4. The predicted octanol–water partition coefficient (Wildman–Crippen LogP) is 1.87. The third-order valence-electron chi connectivity index (χ3n) is 4.37. The molecule has 2 aromatic rings. The average molecular weight is 348 g/mol. The van der Waals surface area contributed by atoms with Crippen LogP contribution in [0.15, 0.2) is 5.16 Å². The molecule has 0 N–H and O–H groups in total. The number of fused-ring (bicyclic) bond motifs is 1. The molecule has 8 heteroatoms. The van der Waals surface area contributed by atoms with Crippen LogP contribution in [0.5, 0.6) is 0 Å². The third-order valence-corrected chi connectivity index (χ3v) is 5.27. The van der Waals surface area contributed by atoms with Gasteiger partial charge in [-0.1, -0.05) is 32.5 Å². The van der Waals surface area contributed by atoms with Crippen molar-refractivity contribution >= 4 is 17.7 Å². The van der Waals surface area contributed by atoms with Crippen LogP contribution >= 0.6 is 11.8 Å². The van der Waals surface area contributed by atoms with Gasteiger partial charge in [0.2, 0.25) is 5.91 Å². The molecule has 0 saturated carbocycles. The van der Waals surface area contributed by atoms with Gasteiger partial charge in [-0.05, 0) is 5.75 Å². The van der Waals surface area contributed by atoms with Crippen molar-refractivity contribution in [3.8, 4) is 11.5 Å². The molecule has 1 aliphatic heterocycles. The second kappa shape index (κ2) is 6.58. The minimum absolute atomic E-state index is 0.00839. The molecule has 0 aliphatic carbocycles.